The molecule has 0 aliphatic rings. The summed E-state index contributed by atoms with van der Waals surface area (Å²) >= 11 is 0. The molecule has 3 rings (SSSR count). The number of aryl methyl sites for hydroxylation is 1. The molecule has 3 aromatic rings. The molecular formula is C14H14N4O. The Morgan fingerprint density at radius 3 is 2.74 bits per heavy atom. The number of pyridine rings is 1. The molecule has 19 heavy (non-hydrogen) atoms. The molecule has 1 aromatic carbocycles. The lowest BCUT2D eigenvalue weighted by Gasteiger charge is -2.05. The zero-order valence-electron chi connectivity index (χ0n) is 10.6. The van der Waals surface area contributed by atoms with Gasteiger partial charge in [-0.25, -0.2) is 0 Å². The normalized spacial score (nSPS) is 10.8. The van der Waals surface area contributed by atoms with Crippen LogP contribution in [0, 0.1) is 6.92 Å². The number of fused-ring (bicyclic) bond motifs is 1. The Morgan fingerprint density at radius 1 is 1.16 bits per heavy atom. The fraction of sp³-hybridized carbons (Fsp3) is 0.143. The van der Waals surface area contributed by atoms with Gasteiger partial charge in [0.15, 0.2) is 11.5 Å². The minimum Gasteiger partial charge on any atom is -0.486 e. The Labute approximate surface area is 110 Å². The molecule has 2 aromatic heterocycles. The first-order valence-corrected chi connectivity index (χ1v) is 6.02. The maximum absolute atomic E-state index is 5.97. The first-order valence-electron chi connectivity index (χ1n) is 6.02. The third-order valence-electron chi connectivity index (χ3n) is 3.02. The Bertz CT molecular complexity index is 706. The Morgan fingerprint density at radius 2 is 1.95 bits per heavy atom. The zero-order chi connectivity index (χ0) is 13.2. The summed E-state index contributed by atoms with van der Waals surface area (Å²) < 4.78 is 7.52. The molecule has 5 heteroatoms. The summed E-state index contributed by atoms with van der Waals surface area (Å²) in [5, 5.41) is 8.22. The van der Waals surface area contributed by atoms with E-state index in [1.807, 2.05) is 53.9 Å². The van der Waals surface area contributed by atoms with Crippen LogP contribution < -0.4 is 10.5 Å². The highest BCUT2D eigenvalue weighted by Gasteiger charge is 2.09. The molecule has 2 N–H and O–H groups in total. The molecule has 0 aliphatic carbocycles. The monoisotopic (exact) mass is 254 g/mol. The SMILES string of the molecule is Cc1ccn2c(COc3ccccc3)nnc2c1N. The molecule has 0 radical (unpaired) electrons. The van der Waals surface area contributed by atoms with Gasteiger partial charge < -0.3 is 10.5 Å². The predicted octanol–water partition coefficient (Wildman–Crippen LogP) is 2.20. The van der Waals surface area contributed by atoms with E-state index in [-0.39, 0.29) is 0 Å². The molecule has 0 saturated carbocycles. The Balaban J connectivity index is 1.88. The van der Waals surface area contributed by atoms with Crippen LogP contribution in [0.25, 0.3) is 5.65 Å². The molecule has 0 aliphatic heterocycles. The van der Waals surface area contributed by atoms with Gasteiger partial charge in [-0.05, 0) is 30.7 Å². The second-order valence-electron chi connectivity index (χ2n) is 4.32. The van der Waals surface area contributed by atoms with E-state index in [1.165, 1.54) is 0 Å². The average molecular weight is 254 g/mol. The molecule has 0 bridgehead atoms. The first kappa shape index (κ1) is 11.5. The van der Waals surface area contributed by atoms with Gasteiger partial charge in [0.2, 0.25) is 0 Å². The number of para-hydroxylation sites is 1. The van der Waals surface area contributed by atoms with Crippen LogP contribution in [0.1, 0.15) is 11.4 Å². The van der Waals surface area contributed by atoms with E-state index in [0.717, 1.165) is 17.1 Å². The molecule has 0 spiro atoms. The third kappa shape index (κ3) is 2.10. The van der Waals surface area contributed by atoms with Gasteiger partial charge in [0.1, 0.15) is 12.4 Å². The number of nitrogen functional groups attached to an aromatic ring is 1. The molecule has 0 atom stereocenters. The highest BCUT2D eigenvalue weighted by atomic mass is 16.5. The summed E-state index contributed by atoms with van der Waals surface area (Å²) in [6, 6.07) is 11.6. The molecule has 0 saturated heterocycles. The van der Waals surface area contributed by atoms with Crippen molar-refractivity contribution in [2.75, 3.05) is 5.73 Å². The number of aromatic nitrogens is 3. The van der Waals surface area contributed by atoms with Gasteiger partial charge >= 0.3 is 0 Å². The van der Waals surface area contributed by atoms with E-state index in [1.54, 1.807) is 0 Å². The predicted molar refractivity (Wildman–Crippen MR) is 72.9 cm³/mol. The standard InChI is InChI=1S/C14H14N4O/c1-10-7-8-18-12(16-17-14(18)13(10)15)9-19-11-5-3-2-4-6-11/h2-8H,9,15H2,1H3. The Hall–Kier alpha value is -2.56. The van der Waals surface area contributed by atoms with Crippen molar-refractivity contribution in [3.63, 3.8) is 0 Å². The molecule has 2 heterocycles. The van der Waals surface area contributed by atoms with Crippen molar-refractivity contribution in [3.05, 3.63) is 54.0 Å². The van der Waals surface area contributed by atoms with Crippen molar-refractivity contribution in [1.82, 2.24) is 14.6 Å². The van der Waals surface area contributed by atoms with Gasteiger partial charge in [0.25, 0.3) is 0 Å². The van der Waals surface area contributed by atoms with Crippen molar-refractivity contribution in [2.24, 2.45) is 0 Å². The minimum absolute atomic E-state index is 0.355. The second kappa shape index (κ2) is 4.61. The highest BCUT2D eigenvalue weighted by Crippen LogP contribution is 2.18. The van der Waals surface area contributed by atoms with E-state index in [4.69, 9.17) is 10.5 Å². The van der Waals surface area contributed by atoms with Crippen LogP contribution in [0.3, 0.4) is 0 Å². The van der Waals surface area contributed by atoms with Gasteiger partial charge in [-0.15, -0.1) is 10.2 Å². The van der Waals surface area contributed by atoms with Crippen molar-refractivity contribution in [1.29, 1.82) is 0 Å². The van der Waals surface area contributed by atoms with Gasteiger partial charge in [-0.2, -0.15) is 0 Å². The number of hydrogen-bond donors (Lipinski definition) is 1. The minimum atomic E-state index is 0.355. The van der Waals surface area contributed by atoms with Crippen molar-refractivity contribution < 1.29 is 4.74 Å². The summed E-state index contributed by atoms with van der Waals surface area (Å²) in [4.78, 5) is 0. The van der Waals surface area contributed by atoms with E-state index in [9.17, 15) is 0 Å². The third-order valence-corrected chi connectivity index (χ3v) is 3.02. The van der Waals surface area contributed by atoms with E-state index < -0.39 is 0 Å². The van der Waals surface area contributed by atoms with Crippen molar-refractivity contribution in [3.8, 4) is 5.75 Å². The van der Waals surface area contributed by atoms with Crippen LogP contribution >= 0.6 is 0 Å². The number of nitrogens with zero attached hydrogens (tertiary/aromatic N) is 3. The number of ether oxygens (including phenoxy) is 1. The van der Waals surface area contributed by atoms with Gasteiger partial charge in [-0.3, -0.25) is 4.40 Å². The van der Waals surface area contributed by atoms with Gasteiger partial charge in [-0.1, -0.05) is 18.2 Å². The number of hydrogen-bond acceptors (Lipinski definition) is 4. The van der Waals surface area contributed by atoms with Crippen LogP contribution in [0.15, 0.2) is 42.6 Å². The summed E-state index contributed by atoms with van der Waals surface area (Å²) in [5.74, 6) is 1.53. The average Bonchev–Trinajstić information content (AvgIpc) is 2.86. The second-order valence-corrected chi connectivity index (χ2v) is 4.32. The molecule has 96 valence electrons. The quantitative estimate of drug-likeness (QED) is 0.778. The molecule has 0 fully saturated rings. The molecule has 0 unspecified atom stereocenters. The largest absolute Gasteiger partial charge is 0.486 e. The number of anilines is 1. The lowest BCUT2D eigenvalue weighted by Crippen LogP contribution is -2.02. The fourth-order valence-electron chi connectivity index (χ4n) is 1.88. The molecular weight excluding hydrogens is 240 g/mol. The maximum Gasteiger partial charge on any atom is 0.184 e. The van der Waals surface area contributed by atoms with Crippen LogP contribution in [-0.2, 0) is 6.61 Å². The summed E-state index contributed by atoms with van der Waals surface area (Å²) in [5.41, 5.74) is 8.30. The van der Waals surface area contributed by atoms with Crippen LogP contribution in [-0.4, -0.2) is 14.6 Å². The first-order chi connectivity index (χ1) is 9.25. The van der Waals surface area contributed by atoms with Crippen LogP contribution in [0.5, 0.6) is 5.75 Å². The van der Waals surface area contributed by atoms with E-state index in [0.29, 0.717) is 17.9 Å². The Kier molecular flexibility index (Phi) is 2.79. The van der Waals surface area contributed by atoms with E-state index in [2.05, 4.69) is 10.2 Å². The summed E-state index contributed by atoms with van der Waals surface area (Å²) in [7, 11) is 0. The molecule has 0 amide bonds. The van der Waals surface area contributed by atoms with E-state index >= 15 is 0 Å². The van der Waals surface area contributed by atoms with Gasteiger partial charge in [0, 0.05) is 6.20 Å². The van der Waals surface area contributed by atoms with Crippen molar-refractivity contribution >= 4 is 11.3 Å². The topological polar surface area (TPSA) is 65.4 Å². The summed E-state index contributed by atoms with van der Waals surface area (Å²) in [6.45, 7) is 2.30. The smallest absolute Gasteiger partial charge is 0.184 e. The lowest BCUT2D eigenvalue weighted by atomic mass is 10.2. The fourth-order valence-corrected chi connectivity index (χ4v) is 1.88. The van der Waals surface area contributed by atoms with Crippen LogP contribution in [0.2, 0.25) is 0 Å². The number of benzene rings is 1. The number of nitrogens with two attached hydrogens (primary N) is 1. The molecule has 5 nitrogen and oxygen atoms in total. The maximum atomic E-state index is 5.97. The highest BCUT2D eigenvalue weighted by molar-refractivity contribution is 5.67. The van der Waals surface area contributed by atoms with Crippen molar-refractivity contribution in [2.45, 2.75) is 13.5 Å². The zero-order valence-corrected chi connectivity index (χ0v) is 10.6. The van der Waals surface area contributed by atoms with Crippen LogP contribution in [0.4, 0.5) is 5.69 Å². The number of rotatable bonds is 3. The summed E-state index contributed by atoms with van der Waals surface area (Å²) in [6.07, 6.45) is 1.91. The lowest BCUT2D eigenvalue weighted by molar-refractivity contribution is 0.294. The van der Waals surface area contributed by atoms with Gasteiger partial charge in [0.05, 0.1) is 5.69 Å².